The van der Waals surface area contributed by atoms with Crippen LogP contribution < -0.4 is 4.90 Å². The van der Waals surface area contributed by atoms with Crippen molar-refractivity contribution < 1.29 is 9.72 Å². The molecule has 0 saturated heterocycles. The fourth-order valence-corrected chi connectivity index (χ4v) is 1.41. The van der Waals surface area contributed by atoms with Gasteiger partial charge >= 0.3 is 0 Å². The minimum atomic E-state index is -0.449. The lowest BCUT2D eigenvalue weighted by Gasteiger charge is -2.13. The standard InChI is InChI=1S/C11H14N2O3/c1-4-11(14)8-5-6-9(13(15)16)10(7-8)12(2)3/h5-7H,4H2,1-3H3. The van der Waals surface area contributed by atoms with Crippen molar-refractivity contribution in [2.24, 2.45) is 0 Å². The summed E-state index contributed by atoms with van der Waals surface area (Å²) in [6.07, 6.45) is 0.394. The Bertz CT molecular complexity index is 427. The number of hydrogen-bond acceptors (Lipinski definition) is 4. The van der Waals surface area contributed by atoms with Gasteiger partial charge in [-0.3, -0.25) is 14.9 Å². The van der Waals surface area contributed by atoms with Crippen LogP contribution in [0.2, 0.25) is 0 Å². The Labute approximate surface area is 93.8 Å². The van der Waals surface area contributed by atoms with Crippen LogP contribution in [0.25, 0.3) is 0 Å². The van der Waals surface area contributed by atoms with Crippen LogP contribution in [0, 0.1) is 10.1 Å². The van der Waals surface area contributed by atoms with Gasteiger partial charge in [0.25, 0.3) is 5.69 Å². The predicted molar refractivity (Wildman–Crippen MR) is 62.0 cm³/mol. The van der Waals surface area contributed by atoms with Crippen molar-refractivity contribution in [2.75, 3.05) is 19.0 Å². The van der Waals surface area contributed by atoms with E-state index in [4.69, 9.17) is 0 Å². The van der Waals surface area contributed by atoms with Gasteiger partial charge in [0, 0.05) is 32.1 Å². The highest BCUT2D eigenvalue weighted by molar-refractivity contribution is 5.97. The van der Waals surface area contributed by atoms with Gasteiger partial charge in [0.1, 0.15) is 5.69 Å². The van der Waals surface area contributed by atoms with E-state index in [0.29, 0.717) is 17.7 Å². The maximum Gasteiger partial charge on any atom is 0.292 e. The number of carbonyl (C=O) groups is 1. The number of nitro benzene ring substituents is 1. The Kier molecular flexibility index (Phi) is 3.60. The van der Waals surface area contributed by atoms with Crippen molar-refractivity contribution in [3.05, 3.63) is 33.9 Å². The summed E-state index contributed by atoms with van der Waals surface area (Å²) in [7, 11) is 3.42. The molecule has 0 spiro atoms. The lowest BCUT2D eigenvalue weighted by atomic mass is 10.1. The van der Waals surface area contributed by atoms with E-state index >= 15 is 0 Å². The quantitative estimate of drug-likeness (QED) is 0.445. The fraction of sp³-hybridized carbons (Fsp3) is 0.364. The molecular formula is C11H14N2O3. The van der Waals surface area contributed by atoms with Crippen LogP contribution in [0.1, 0.15) is 23.7 Å². The molecule has 1 aromatic carbocycles. The number of Topliss-reactive ketones (excluding diaryl/α,β-unsaturated/α-hetero) is 1. The SMILES string of the molecule is CCC(=O)c1ccc([N+](=O)[O-])c(N(C)C)c1. The first kappa shape index (κ1) is 12.2. The van der Waals surface area contributed by atoms with E-state index < -0.39 is 4.92 Å². The highest BCUT2D eigenvalue weighted by Crippen LogP contribution is 2.27. The molecule has 0 heterocycles. The molecule has 0 aliphatic heterocycles. The molecule has 0 radical (unpaired) electrons. The molecule has 5 nitrogen and oxygen atoms in total. The number of nitro groups is 1. The van der Waals surface area contributed by atoms with Gasteiger partial charge in [0.2, 0.25) is 0 Å². The Balaban J connectivity index is 3.28. The largest absolute Gasteiger partial charge is 0.372 e. The first-order valence-electron chi connectivity index (χ1n) is 4.96. The van der Waals surface area contributed by atoms with Crippen LogP contribution in [0.4, 0.5) is 11.4 Å². The smallest absolute Gasteiger partial charge is 0.292 e. The fourth-order valence-electron chi connectivity index (χ4n) is 1.41. The minimum Gasteiger partial charge on any atom is -0.372 e. The second-order valence-electron chi connectivity index (χ2n) is 3.63. The molecule has 0 aliphatic carbocycles. The lowest BCUT2D eigenvalue weighted by Crippen LogP contribution is -2.12. The van der Waals surface area contributed by atoms with Gasteiger partial charge in [-0.05, 0) is 12.1 Å². The molecule has 0 aliphatic rings. The first-order chi connectivity index (χ1) is 7.47. The van der Waals surface area contributed by atoms with Gasteiger partial charge in [0.05, 0.1) is 4.92 Å². The number of hydrogen-bond donors (Lipinski definition) is 0. The molecule has 0 N–H and O–H groups in total. The molecule has 0 saturated carbocycles. The van der Waals surface area contributed by atoms with Crippen molar-refractivity contribution >= 4 is 17.2 Å². The lowest BCUT2D eigenvalue weighted by molar-refractivity contribution is -0.384. The summed E-state index contributed by atoms with van der Waals surface area (Å²) in [6.45, 7) is 1.76. The van der Waals surface area contributed by atoms with Crippen LogP contribution in [0.15, 0.2) is 18.2 Å². The molecule has 0 aromatic heterocycles. The highest BCUT2D eigenvalue weighted by atomic mass is 16.6. The maximum absolute atomic E-state index is 11.5. The predicted octanol–water partition coefficient (Wildman–Crippen LogP) is 2.25. The van der Waals surface area contributed by atoms with Crippen molar-refractivity contribution in [1.82, 2.24) is 0 Å². The summed E-state index contributed by atoms with van der Waals surface area (Å²) in [5.41, 5.74) is 0.971. The second-order valence-corrected chi connectivity index (χ2v) is 3.63. The van der Waals surface area contributed by atoms with Crippen LogP contribution in [0.5, 0.6) is 0 Å². The Morgan fingerprint density at radius 1 is 1.44 bits per heavy atom. The molecule has 0 fully saturated rings. The molecule has 0 unspecified atom stereocenters. The number of ketones is 1. The zero-order valence-corrected chi connectivity index (χ0v) is 9.56. The van der Waals surface area contributed by atoms with Crippen molar-refractivity contribution in [2.45, 2.75) is 13.3 Å². The topological polar surface area (TPSA) is 63.4 Å². The molecule has 0 amide bonds. The zero-order chi connectivity index (χ0) is 12.3. The van der Waals surface area contributed by atoms with Crippen LogP contribution in [0.3, 0.4) is 0 Å². The number of benzene rings is 1. The van der Waals surface area contributed by atoms with Crippen molar-refractivity contribution in [3.63, 3.8) is 0 Å². The first-order valence-corrected chi connectivity index (χ1v) is 4.96. The Morgan fingerprint density at radius 2 is 2.06 bits per heavy atom. The van der Waals surface area contributed by atoms with E-state index in [2.05, 4.69) is 0 Å². The summed E-state index contributed by atoms with van der Waals surface area (Å²) in [5.74, 6) is -0.0157. The van der Waals surface area contributed by atoms with E-state index in [1.807, 2.05) is 0 Å². The number of nitrogens with zero attached hydrogens (tertiary/aromatic N) is 2. The molecule has 0 bridgehead atoms. The van der Waals surface area contributed by atoms with Gasteiger partial charge in [-0.15, -0.1) is 0 Å². The monoisotopic (exact) mass is 222 g/mol. The maximum atomic E-state index is 11.5. The Morgan fingerprint density at radius 3 is 2.50 bits per heavy atom. The molecule has 0 atom stereocenters. The van der Waals surface area contributed by atoms with E-state index in [1.54, 1.807) is 32.0 Å². The van der Waals surface area contributed by atoms with Crippen LogP contribution in [-0.4, -0.2) is 24.8 Å². The third-order valence-electron chi connectivity index (χ3n) is 2.30. The molecule has 1 aromatic rings. The second kappa shape index (κ2) is 4.74. The van der Waals surface area contributed by atoms with Gasteiger partial charge in [-0.25, -0.2) is 0 Å². The normalized spacial score (nSPS) is 9.94. The third kappa shape index (κ3) is 2.36. The van der Waals surface area contributed by atoms with E-state index in [0.717, 1.165) is 0 Å². The summed E-state index contributed by atoms with van der Waals surface area (Å²) in [4.78, 5) is 23.4. The summed E-state index contributed by atoms with van der Waals surface area (Å²) < 4.78 is 0. The van der Waals surface area contributed by atoms with Crippen molar-refractivity contribution in [3.8, 4) is 0 Å². The molecule has 86 valence electrons. The Hall–Kier alpha value is -1.91. The van der Waals surface area contributed by atoms with Crippen LogP contribution >= 0.6 is 0 Å². The average molecular weight is 222 g/mol. The molecule has 5 heteroatoms. The summed E-state index contributed by atoms with van der Waals surface area (Å²) in [6, 6.07) is 4.43. The van der Waals surface area contributed by atoms with Gasteiger partial charge < -0.3 is 4.90 Å². The van der Waals surface area contributed by atoms with Gasteiger partial charge in [-0.1, -0.05) is 6.92 Å². The number of rotatable bonds is 4. The van der Waals surface area contributed by atoms with E-state index in [-0.39, 0.29) is 11.5 Å². The zero-order valence-electron chi connectivity index (χ0n) is 9.56. The number of anilines is 1. The summed E-state index contributed by atoms with van der Waals surface area (Å²) >= 11 is 0. The molecule has 16 heavy (non-hydrogen) atoms. The summed E-state index contributed by atoms with van der Waals surface area (Å²) in [5, 5.41) is 10.8. The molecular weight excluding hydrogens is 208 g/mol. The van der Waals surface area contributed by atoms with Gasteiger partial charge in [-0.2, -0.15) is 0 Å². The average Bonchev–Trinajstić information content (AvgIpc) is 2.26. The van der Waals surface area contributed by atoms with Crippen LogP contribution in [-0.2, 0) is 0 Å². The van der Waals surface area contributed by atoms with Crippen molar-refractivity contribution in [1.29, 1.82) is 0 Å². The minimum absolute atomic E-state index is 0.0117. The third-order valence-corrected chi connectivity index (χ3v) is 2.30. The molecule has 1 rings (SSSR count). The van der Waals surface area contributed by atoms with E-state index in [9.17, 15) is 14.9 Å². The highest BCUT2D eigenvalue weighted by Gasteiger charge is 2.17. The van der Waals surface area contributed by atoms with E-state index in [1.165, 1.54) is 12.1 Å². The van der Waals surface area contributed by atoms with Gasteiger partial charge in [0.15, 0.2) is 5.78 Å². The number of carbonyl (C=O) groups excluding carboxylic acids is 1.